The Morgan fingerprint density at radius 1 is 0.595 bits per heavy atom. The van der Waals surface area contributed by atoms with Crippen molar-refractivity contribution in [1.29, 1.82) is 0 Å². The zero-order valence-corrected chi connectivity index (χ0v) is 23.7. The van der Waals surface area contributed by atoms with Crippen molar-refractivity contribution in [2.45, 2.75) is 45.4 Å². The maximum Gasteiger partial charge on any atom is 0.239 e. The fourth-order valence-corrected chi connectivity index (χ4v) is 2.67. The summed E-state index contributed by atoms with van der Waals surface area (Å²) in [6, 6.07) is 0. The summed E-state index contributed by atoms with van der Waals surface area (Å²) < 4.78 is 20.6. The highest BCUT2D eigenvalue weighted by molar-refractivity contribution is 14.1. The van der Waals surface area contributed by atoms with E-state index in [2.05, 4.69) is 35.0 Å². The number of ether oxygens (including phenoxy) is 3. The van der Waals surface area contributed by atoms with E-state index >= 15 is 0 Å². The number of hydrogen-bond acceptors (Lipinski definition) is 10. The zero-order chi connectivity index (χ0) is 27.4. The van der Waals surface area contributed by atoms with Crippen molar-refractivity contribution in [2.24, 2.45) is 0 Å². The van der Waals surface area contributed by atoms with Gasteiger partial charge in [0, 0.05) is 45.7 Å². The highest BCUT2D eigenvalue weighted by Gasteiger charge is 2.09. The van der Waals surface area contributed by atoms with E-state index in [1.807, 2.05) is 6.92 Å². The number of carbonyl (C=O) groups is 4. The summed E-state index contributed by atoms with van der Waals surface area (Å²) in [7, 11) is 0. The Kier molecular flexibility index (Phi) is 26.2. The van der Waals surface area contributed by atoms with Crippen LogP contribution in [-0.2, 0) is 41.6 Å². The highest BCUT2D eigenvalue weighted by Crippen LogP contribution is 1.91. The van der Waals surface area contributed by atoms with Crippen LogP contribution in [0.25, 0.3) is 0 Å². The second-order valence-electron chi connectivity index (χ2n) is 7.69. The number of hydroxylamine groups is 1. The van der Waals surface area contributed by atoms with Crippen molar-refractivity contribution in [3.8, 4) is 0 Å². The van der Waals surface area contributed by atoms with Crippen molar-refractivity contribution in [2.75, 3.05) is 72.4 Å². The van der Waals surface area contributed by atoms with Crippen LogP contribution in [-0.4, -0.2) is 96.0 Å². The summed E-state index contributed by atoms with van der Waals surface area (Å²) >= 11 is 1.61. The molecule has 5 N–H and O–H groups in total. The van der Waals surface area contributed by atoms with E-state index in [1.54, 1.807) is 23.0 Å². The maximum atomic E-state index is 11.8. The molecule has 0 aliphatic heterocycles. The van der Waals surface area contributed by atoms with Gasteiger partial charge in [0.25, 0.3) is 0 Å². The summed E-state index contributed by atoms with van der Waals surface area (Å²) in [6.07, 6.45) is 3.23. The van der Waals surface area contributed by atoms with Crippen molar-refractivity contribution < 1.29 is 41.6 Å². The van der Waals surface area contributed by atoms with Gasteiger partial charge in [0.2, 0.25) is 23.6 Å². The number of hydrogen-bond donors (Lipinski definition) is 5. The molecule has 0 saturated heterocycles. The van der Waals surface area contributed by atoms with Crippen molar-refractivity contribution in [3.05, 3.63) is 0 Å². The number of halogens is 1. The van der Waals surface area contributed by atoms with Crippen LogP contribution in [0.3, 0.4) is 0 Å². The van der Waals surface area contributed by atoms with Crippen LogP contribution < -0.4 is 26.7 Å². The molecule has 0 aliphatic carbocycles. The molecule has 0 aromatic heterocycles. The molecule has 0 aromatic carbocycles. The molecule has 0 bridgehead atoms. The lowest BCUT2D eigenvalue weighted by Gasteiger charge is -2.08. The molecule has 0 aromatic rings. The average molecular weight is 648 g/mol. The Morgan fingerprint density at radius 3 is 1.65 bits per heavy atom. The second-order valence-corrected chi connectivity index (χ2v) is 8.05. The van der Waals surface area contributed by atoms with Gasteiger partial charge in [-0.05, 0) is 19.3 Å². The molecule has 216 valence electrons. The zero-order valence-electron chi connectivity index (χ0n) is 21.6. The van der Waals surface area contributed by atoms with E-state index in [1.165, 1.54) is 0 Å². The molecule has 14 nitrogen and oxygen atoms in total. The second kappa shape index (κ2) is 27.4. The van der Waals surface area contributed by atoms with Crippen LogP contribution in [0.2, 0.25) is 0 Å². The minimum Gasteiger partial charge on any atom is -0.379 e. The molecule has 0 heterocycles. The predicted octanol–water partition coefficient (Wildman–Crippen LogP) is -0.336. The van der Waals surface area contributed by atoms with Crippen molar-refractivity contribution in [1.82, 2.24) is 26.7 Å². The van der Waals surface area contributed by atoms with Gasteiger partial charge in [-0.25, -0.2) is 0 Å². The van der Waals surface area contributed by atoms with Crippen LogP contribution in [0.1, 0.15) is 45.4 Å². The monoisotopic (exact) mass is 647 g/mol. The van der Waals surface area contributed by atoms with Gasteiger partial charge in [-0.3, -0.25) is 19.2 Å². The number of rotatable bonds is 26. The van der Waals surface area contributed by atoms with Crippen LogP contribution in [0.15, 0.2) is 0 Å². The molecule has 0 saturated carbocycles. The molecular weight excluding hydrogens is 605 g/mol. The molecule has 0 spiro atoms. The SMILES string of the molecule is CCCCNC(=O)CNC(=O)CNC(=O)CCC(=O)NCCCOCCOCCOCCCNOOI. The molecule has 37 heavy (non-hydrogen) atoms. The maximum absolute atomic E-state index is 11.8. The van der Waals surface area contributed by atoms with E-state index < -0.39 is 11.8 Å². The lowest BCUT2D eigenvalue weighted by molar-refractivity contribution is -0.223. The third-order valence-electron chi connectivity index (χ3n) is 4.51. The number of carbonyl (C=O) groups excluding carboxylic acids is 4. The summed E-state index contributed by atoms with van der Waals surface area (Å²) in [5.74, 6) is -1.42. The molecule has 15 heteroatoms. The minimum absolute atomic E-state index is 0.0151. The van der Waals surface area contributed by atoms with E-state index in [-0.39, 0.29) is 37.7 Å². The Bertz CT molecular complexity index is 617. The van der Waals surface area contributed by atoms with E-state index in [0.29, 0.717) is 65.7 Å². The van der Waals surface area contributed by atoms with E-state index in [4.69, 9.17) is 14.2 Å². The molecule has 0 aliphatic rings. The summed E-state index contributed by atoms with van der Waals surface area (Å²) in [5, 5.41) is 10.2. The molecule has 4 amide bonds. The fourth-order valence-electron chi connectivity index (χ4n) is 2.55. The summed E-state index contributed by atoms with van der Waals surface area (Å²) in [6.45, 7) is 6.19. The van der Waals surface area contributed by atoms with E-state index in [9.17, 15) is 19.2 Å². The predicted molar refractivity (Wildman–Crippen MR) is 142 cm³/mol. The van der Waals surface area contributed by atoms with Gasteiger partial charge in [0.15, 0.2) is 23.0 Å². The molecular formula is C22H42IN5O9. The van der Waals surface area contributed by atoms with Gasteiger partial charge in [0.05, 0.1) is 39.5 Å². The van der Waals surface area contributed by atoms with Crippen molar-refractivity contribution >= 4 is 46.6 Å². The minimum atomic E-state index is -0.472. The first kappa shape index (κ1) is 35.4. The molecule has 0 rings (SSSR count). The Labute approximate surface area is 232 Å². The molecule has 0 atom stereocenters. The third-order valence-corrected chi connectivity index (χ3v) is 4.69. The first-order valence-electron chi connectivity index (χ1n) is 12.5. The lowest BCUT2D eigenvalue weighted by Crippen LogP contribution is -2.42. The normalized spacial score (nSPS) is 10.6. The van der Waals surface area contributed by atoms with Gasteiger partial charge < -0.3 is 35.5 Å². The van der Waals surface area contributed by atoms with Gasteiger partial charge in [0.1, 0.15) is 0 Å². The fraction of sp³-hybridized carbons (Fsp3) is 0.818. The lowest BCUT2D eigenvalue weighted by atomic mass is 10.2. The van der Waals surface area contributed by atoms with Gasteiger partial charge >= 0.3 is 0 Å². The average Bonchev–Trinajstić information content (AvgIpc) is 2.89. The van der Waals surface area contributed by atoms with Crippen LogP contribution >= 0.6 is 23.0 Å². The van der Waals surface area contributed by atoms with Crippen molar-refractivity contribution in [3.63, 3.8) is 0 Å². The number of amides is 4. The number of unbranched alkanes of at least 4 members (excludes halogenated alkanes) is 1. The number of nitrogens with one attached hydrogen (secondary N) is 5. The Balaban J connectivity index is 3.45. The van der Waals surface area contributed by atoms with E-state index in [0.717, 1.165) is 19.3 Å². The summed E-state index contributed by atoms with van der Waals surface area (Å²) in [5.41, 5.74) is 2.59. The smallest absolute Gasteiger partial charge is 0.239 e. The van der Waals surface area contributed by atoms with Gasteiger partial charge in [-0.1, -0.05) is 13.3 Å². The molecule has 0 radical (unpaired) electrons. The van der Waals surface area contributed by atoms with Gasteiger partial charge in [-0.15, -0.1) is 8.21 Å². The standard InChI is InChI=1S/C22H42IN5O9/c1-2-3-8-25-21(31)17-27-22(32)18-26-20(30)7-6-19(29)24-9-4-11-33-13-15-35-16-14-34-12-5-10-28-37-36-23/h28H,2-18H2,1H3,(H,24,29)(H,25,31)(H,26,30)(H,27,32). The Hall–Kier alpha value is -1.63. The quantitative estimate of drug-likeness (QED) is 0.0362. The van der Waals surface area contributed by atoms with Gasteiger partial charge in [-0.2, -0.15) is 5.48 Å². The van der Waals surface area contributed by atoms with Crippen LogP contribution in [0, 0.1) is 0 Å². The highest BCUT2D eigenvalue weighted by atomic mass is 127. The van der Waals surface area contributed by atoms with Crippen LogP contribution in [0.5, 0.6) is 0 Å². The first-order chi connectivity index (χ1) is 18.0. The summed E-state index contributed by atoms with van der Waals surface area (Å²) in [4.78, 5) is 51.3. The largest absolute Gasteiger partial charge is 0.379 e. The molecule has 0 unspecified atom stereocenters. The molecule has 0 fully saturated rings. The third kappa shape index (κ3) is 27.2. The Morgan fingerprint density at radius 2 is 1.05 bits per heavy atom. The van der Waals surface area contributed by atoms with Crippen LogP contribution in [0.4, 0.5) is 0 Å². The topological polar surface area (TPSA) is 175 Å². The first-order valence-corrected chi connectivity index (χ1v) is 13.3.